The molecule has 2 aromatic carbocycles. The summed E-state index contributed by atoms with van der Waals surface area (Å²) in [4.78, 5) is 12.8. The fourth-order valence-corrected chi connectivity index (χ4v) is 3.20. The van der Waals surface area contributed by atoms with Gasteiger partial charge in [0.2, 0.25) is 0 Å². The van der Waals surface area contributed by atoms with Crippen LogP contribution in [0.25, 0.3) is 16.8 Å². The highest BCUT2D eigenvalue weighted by Crippen LogP contribution is 2.28. The Morgan fingerprint density at radius 2 is 2.03 bits per heavy atom. The number of halogens is 1. The smallest absolute Gasteiger partial charge is 0.251 e. The number of carbonyl (C=O) groups is 1. The molecule has 29 heavy (non-hydrogen) atoms. The number of amides is 1. The van der Waals surface area contributed by atoms with Gasteiger partial charge in [0.15, 0.2) is 5.82 Å². The molecule has 3 aromatic rings. The van der Waals surface area contributed by atoms with Crippen molar-refractivity contribution < 1.29 is 13.9 Å². The third-order valence-electron chi connectivity index (χ3n) is 4.84. The van der Waals surface area contributed by atoms with Gasteiger partial charge in [-0.05, 0) is 52.7 Å². The van der Waals surface area contributed by atoms with E-state index in [1.807, 2.05) is 26.8 Å². The Kier molecular flexibility index (Phi) is 5.10. The molecule has 0 saturated carbocycles. The standard InChI is InChI=1S/C21H22FN5O2/c1-12(2)20-24-25-26-27(20)17-8-14(18-5-4-13(3)6-19(18)22)7-15(9-17)21(28)23-16-10-29-11-16/h4-9,12,16H,10-11H2,1-3H3,(H,23,28). The Balaban J connectivity index is 1.82. The molecule has 2 heterocycles. The summed E-state index contributed by atoms with van der Waals surface area (Å²) in [6.07, 6.45) is 0. The van der Waals surface area contributed by atoms with E-state index in [0.717, 1.165) is 5.56 Å². The maximum atomic E-state index is 14.7. The highest BCUT2D eigenvalue weighted by Gasteiger charge is 2.23. The van der Waals surface area contributed by atoms with Gasteiger partial charge in [0.25, 0.3) is 5.91 Å². The molecule has 7 nitrogen and oxygen atoms in total. The molecular weight excluding hydrogens is 373 g/mol. The third kappa shape index (κ3) is 3.88. The van der Waals surface area contributed by atoms with Crippen LogP contribution in [0.15, 0.2) is 36.4 Å². The zero-order chi connectivity index (χ0) is 20.5. The van der Waals surface area contributed by atoms with Crippen LogP contribution >= 0.6 is 0 Å². The van der Waals surface area contributed by atoms with Gasteiger partial charge in [-0.25, -0.2) is 4.39 Å². The second-order valence-electron chi connectivity index (χ2n) is 7.56. The van der Waals surface area contributed by atoms with Crippen molar-refractivity contribution in [2.45, 2.75) is 32.7 Å². The van der Waals surface area contributed by atoms with Crippen LogP contribution in [-0.4, -0.2) is 45.4 Å². The number of ether oxygens (including phenoxy) is 1. The van der Waals surface area contributed by atoms with Gasteiger partial charge in [-0.2, -0.15) is 4.68 Å². The Bertz CT molecular complexity index is 1060. The van der Waals surface area contributed by atoms with Crippen LogP contribution in [0.3, 0.4) is 0 Å². The Hall–Kier alpha value is -3.13. The predicted molar refractivity (Wildman–Crippen MR) is 105 cm³/mol. The van der Waals surface area contributed by atoms with Gasteiger partial charge >= 0.3 is 0 Å². The van der Waals surface area contributed by atoms with Crippen molar-refractivity contribution in [3.63, 3.8) is 0 Å². The fraction of sp³-hybridized carbons (Fsp3) is 0.333. The number of nitrogens with zero attached hydrogens (tertiary/aromatic N) is 4. The molecule has 150 valence electrons. The normalized spacial score (nSPS) is 14.1. The van der Waals surface area contributed by atoms with Crippen LogP contribution in [0, 0.1) is 12.7 Å². The lowest BCUT2D eigenvalue weighted by atomic mass is 9.99. The Morgan fingerprint density at radius 1 is 1.24 bits per heavy atom. The first-order chi connectivity index (χ1) is 13.9. The van der Waals surface area contributed by atoms with Gasteiger partial charge in [0.1, 0.15) is 5.82 Å². The SMILES string of the molecule is Cc1ccc(-c2cc(C(=O)NC3COC3)cc(-n3nnnc3C(C)C)c2)c(F)c1. The minimum Gasteiger partial charge on any atom is -0.377 e. The summed E-state index contributed by atoms with van der Waals surface area (Å²) in [6.45, 7) is 6.79. The molecule has 1 aromatic heterocycles. The van der Waals surface area contributed by atoms with Crippen LogP contribution < -0.4 is 5.32 Å². The van der Waals surface area contributed by atoms with E-state index in [4.69, 9.17) is 4.74 Å². The van der Waals surface area contributed by atoms with Crippen molar-refractivity contribution in [1.82, 2.24) is 25.5 Å². The van der Waals surface area contributed by atoms with Crippen molar-refractivity contribution in [1.29, 1.82) is 0 Å². The highest BCUT2D eigenvalue weighted by molar-refractivity contribution is 5.96. The van der Waals surface area contributed by atoms with Gasteiger partial charge in [-0.3, -0.25) is 4.79 Å². The second kappa shape index (κ2) is 7.71. The van der Waals surface area contributed by atoms with E-state index >= 15 is 0 Å². The summed E-state index contributed by atoms with van der Waals surface area (Å²) >= 11 is 0. The molecule has 4 rings (SSSR count). The van der Waals surface area contributed by atoms with E-state index in [0.29, 0.717) is 41.4 Å². The zero-order valence-corrected chi connectivity index (χ0v) is 16.5. The highest BCUT2D eigenvalue weighted by atomic mass is 19.1. The van der Waals surface area contributed by atoms with E-state index in [-0.39, 0.29) is 23.7 Å². The Morgan fingerprint density at radius 3 is 2.69 bits per heavy atom. The lowest BCUT2D eigenvalue weighted by molar-refractivity contribution is -0.00346. The maximum absolute atomic E-state index is 14.7. The molecule has 1 aliphatic rings. The number of tetrazole rings is 1. The zero-order valence-electron chi connectivity index (χ0n) is 16.5. The van der Waals surface area contributed by atoms with Crippen LogP contribution in [0.4, 0.5) is 4.39 Å². The van der Waals surface area contributed by atoms with E-state index in [1.165, 1.54) is 6.07 Å². The number of aryl methyl sites for hydroxylation is 1. The summed E-state index contributed by atoms with van der Waals surface area (Å²) in [5.74, 6) is 0.147. The number of hydrogen-bond acceptors (Lipinski definition) is 5. The molecule has 0 spiro atoms. The molecule has 0 unspecified atom stereocenters. The largest absolute Gasteiger partial charge is 0.377 e. The molecule has 0 bridgehead atoms. The lowest BCUT2D eigenvalue weighted by Gasteiger charge is -2.27. The molecule has 1 saturated heterocycles. The summed E-state index contributed by atoms with van der Waals surface area (Å²) in [7, 11) is 0. The number of hydrogen-bond donors (Lipinski definition) is 1. The number of nitrogens with one attached hydrogen (secondary N) is 1. The topological polar surface area (TPSA) is 81.9 Å². The molecule has 1 N–H and O–H groups in total. The van der Waals surface area contributed by atoms with Crippen molar-refractivity contribution in [2.24, 2.45) is 0 Å². The molecule has 1 fully saturated rings. The minimum atomic E-state index is -0.346. The van der Waals surface area contributed by atoms with Gasteiger partial charge in [0, 0.05) is 17.0 Å². The summed E-state index contributed by atoms with van der Waals surface area (Å²) in [5, 5.41) is 14.9. The van der Waals surface area contributed by atoms with E-state index < -0.39 is 0 Å². The van der Waals surface area contributed by atoms with Crippen molar-refractivity contribution in [2.75, 3.05) is 13.2 Å². The van der Waals surface area contributed by atoms with Gasteiger partial charge in [-0.1, -0.05) is 26.0 Å². The number of carbonyl (C=O) groups excluding carboxylic acids is 1. The third-order valence-corrected chi connectivity index (χ3v) is 4.84. The monoisotopic (exact) mass is 395 g/mol. The molecule has 1 amide bonds. The number of benzene rings is 2. The first-order valence-electron chi connectivity index (χ1n) is 9.51. The molecule has 1 aliphatic heterocycles. The average molecular weight is 395 g/mol. The first-order valence-corrected chi connectivity index (χ1v) is 9.51. The number of aromatic nitrogens is 4. The molecule has 0 radical (unpaired) electrons. The predicted octanol–water partition coefficient (Wildman–Crippen LogP) is 3.03. The second-order valence-corrected chi connectivity index (χ2v) is 7.56. The van der Waals surface area contributed by atoms with Crippen LogP contribution in [0.5, 0.6) is 0 Å². The van der Waals surface area contributed by atoms with E-state index in [1.54, 1.807) is 28.9 Å². The van der Waals surface area contributed by atoms with E-state index in [2.05, 4.69) is 20.8 Å². The summed E-state index contributed by atoms with van der Waals surface area (Å²) < 4.78 is 21.4. The van der Waals surface area contributed by atoms with Crippen LogP contribution in [0.2, 0.25) is 0 Å². The minimum absolute atomic E-state index is 0.00928. The quantitative estimate of drug-likeness (QED) is 0.718. The molecule has 0 atom stereocenters. The van der Waals surface area contributed by atoms with Gasteiger partial charge in [0.05, 0.1) is 24.9 Å². The first kappa shape index (κ1) is 19.2. The fourth-order valence-electron chi connectivity index (χ4n) is 3.20. The molecule has 8 heteroatoms. The molecule has 0 aliphatic carbocycles. The van der Waals surface area contributed by atoms with Crippen LogP contribution in [-0.2, 0) is 4.74 Å². The summed E-state index contributed by atoms with van der Waals surface area (Å²) in [5.41, 5.74) is 2.84. The van der Waals surface area contributed by atoms with Crippen molar-refractivity contribution in [3.05, 3.63) is 59.2 Å². The van der Waals surface area contributed by atoms with Crippen LogP contribution in [0.1, 0.15) is 41.5 Å². The number of rotatable bonds is 5. The van der Waals surface area contributed by atoms with Gasteiger partial charge < -0.3 is 10.1 Å². The average Bonchev–Trinajstić information content (AvgIpc) is 3.14. The van der Waals surface area contributed by atoms with Gasteiger partial charge in [-0.15, -0.1) is 5.10 Å². The molecular formula is C21H22FN5O2. The maximum Gasteiger partial charge on any atom is 0.251 e. The lowest BCUT2D eigenvalue weighted by Crippen LogP contribution is -2.48. The van der Waals surface area contributed by atoms with Crippen molar-refractivity contribution in [3.8, 4) is 16.8 Å². The van der Waals surface area contributed by atoms with Crippen molar-refractivity contribution >= 4 is 5.91 Å². The summed E-state index contributed by atoms with van der Waals surface area (Å²) in [6, 6.07) is 10.2. The Labute approximate surface area is 167 Å². The van der Waals surface area contributed by atoms with E-state index in [9.17, 15) is 9.18 Å².